The molecule has 11 heteroatoms. The number of anilines is 1. The number of methoxy groups -OCH3 is 1. The summed E-state index contributed by atoms with van der Waals surface area (Å²) in [6.07, 6.45) is 2.98. The Hall–Kier alpha value is -2.99. The van der Waals surface area contributed by atoms with E-state index < -0.39 is 23.5 Å². The van der Waals surface area contributed by atoms with Crippen LogP contribution in [0.4, 0.5) is 10.2 Å². The van der Waals surface area contributed by atoms with Crippen LogP contribution < -0.4 is 9.64 Å². The molecule has 4 aromatic rings. The third-order valence-electron chi connectivity index (χ3n) is 9.66. The number of aromatic nitrogens is 2. The summed E-state index contributed by atoms with van der Waals surface area (Å²) in [5.41, 5.74) is 4.32. The number of carbonyl (C=O) groups is 1. The molecule has 1 saturated heterocycles. The van der Waals surface area contributed by atoms with Crippen molar-refractivity contribution in [2.45, 2.75) is 97.1 Å². The summed E-state index contributed by atoms with van der Waals surface area (Å²) in [5, 5.41) is 0. The number of pyridine rings is 1. The lowest BCUT2D eigenvalue weighted by molar-refractivity contribution is -0.164. The second-order valence-electron chi connectivity index (χ2n) is 14.6. The lowest BCUT2D eigenvalue weighted by Crippen LogP contribution is -2.45. The molecule has 5 heterocycles. The molecular formula is C39H46Br2FN3O5. The quantitative estimate of drug-likeness (QED) is 0.191. The van der Waals surface area contributed by atoms with Crippen LogP contribution in [0, 0.1) is 12.7 Å². The van der Waals surface area contributed by atoms with Crippen molar-refractivity contribution in [1.82, 2.24) is 9.38 Å². The predicted molar refractivity (Wildman–Crippen MR) is 201 cm³/mol. The average Bonchev–Trinajstić information content (AvgIpc) is 3.42. The van der Waals surface area contributed by atoms with Gasteiger partial charge in [0.25, 0.3) is 0 Å². The summed E-state index contributed by atoms with van der Waals surface area (Å²) in [7, 11) is 1.39. The Morgan fingerprint density at radius 3 is 2.50 bits per heavy atom. The number of benzene rings is 2. The van der Waals surface area contributed by atoms with Gasteiger partial charge >= 0.3 is 5.97 Å². The van der Waals surface area contributed by atoms with Crippen LogP contribution in [0.3, 0.4) is 0 Å². The third kappa shape index (κ3) is 7.34. The molecule has 0 aliphatic carbocycles. The molecule has 3 aliphatic rings. The lowest BCUT2D eigenvalue weighted by atomic mass is 9.92. The number of hydrogen-bond donors (Lipinski definition) is 0. The summed E-state index contributed by atoms with van der Waals surface area (Å²) >= 11 is 7.82. The van der Waals surface area contributed by atoms with Crippen molar-refractivity contribution in [2.75, 3.05) is 31.7 Å². The summed E-state index contributed by atoms with van der Waals surface area (Å²) in [4.78, 5) is 21.1. The Bertz CT molecular complexity index is 1900. The molecule has 268 valence electrons. The van der Waals surface area contributed by atoms with Crippen LogP contribution in [-0.4, -0.2) is 59.5 Å². The molecule has 2 atom stereocenters. The highest BCUT2D eigenvalue weighted by atomic mass is 79.9. The van der Waals surface area contributed by atoms with Crippen LogP contribution in [-0.2, 0) is 19.0 Å². The number of carbonyl (C=O) groups excluding carboxylic acids is 1. The highest BCUT2D eigenvalue weighted by Crippen LogP contribution is 2.45. The molecule has 0 saturated carbocycles. The van der Waals surface area contributed by atoms with E-state index in [1.165, 1.54) is 13.2 Å². The summed E-state index contributed by atoms with van der Waals surface area (Å²) in [5.74, 6) is 0.181. The number of nitrogens with zero attached hydrogens (tertiary/aromatic N) is 3. The molecule has 3 aliphatic heterocycles. The first-order valence-electron chi connectivity index (χ1n) is 17.3. The lowest BCUT2D eigenvalue weighted by Gasteiger charge is -2.42. The van der Waals surface area contributed by atoms with Gasteiger partial charge in [0, 0.05) is 36.4 Å². The highest BCUT2D eigenvalue weighted by Gasteiger charge is 2.39. The Morgan fingerprint density at radius 1 is 1.10 bits per heavy atom. The molecular weight excluding hydrogens is 769 g/mol. The fourth-order valence-corrected chi connectivity index (χ4v) is 8.08. The van der Waals surface area contributed by atoms with Gasteiger partial charge in [-0.3, -0.25) is 4.40 Å². The Balaban J connectivity index is 1.61. The van der Waals surface area contributed by atoms with Gasteiger partial charge in [-0.1, -0.05) is 30.3 Å². The minimum absolute atomic E-state index is 0.171. The van der Waals surface area contributed by atoms with Gasteiger partial charge in [-0.05, 0) is 129 Å². The van der Waals surface area contributed by atoms with Crippen LogP contribution >= 0.6 is 31.9 Å². The first kappa shape index (κ1) is 36.8. The van der Waals surface area contributed by atoms with Crippen LogP contribution in [0.2, 0.25) is 0 Å². The van der Waals surface area contributed by atoms with Crippen molar-refractivity contribution in [1.29, 1.82) is 0 Å². The maximum Gasteiger partial charge on any atom is 0.339 e. The van der Waals surface area contributed by atoms with Crippen molar-refractivity contribution in [3.8, 4) is 28.1 Å². The van der Waals surface area contributed by atoms with Gasteiger partial charge in [-0.15, -0.1) is 0 Å². The molecule has 0 unspecified atom stereocenters. The molecule has 2 aromatic carbocycles. The van der Waals surface area contributed by atoms with E-state index in [1.807, 2.05) is 65.0 Å². The maximum absolute atomic E-state index is 15.4. The zero-order chi connectivity index (χ0) is 36.0. The third-order valence-corrected chi connectivity index (χ3v) is 11.3. The minimum atomic E-state index is -0.999. The van der Waals surface area contributed by atoms with Crippen molar-refractivity contribution < 1.29 is 28.1 Å². The maximum atomic E-state index is 15.4. The number of esters is 1. The van der Waals surface area contributed by atoms with Crippen LogP contribution in [0.1, 0.15) is 84.0 Å². The number of imidazole rings is 1. The monoisotopic (exact) mass is 813 g/mol. The van der Waals surface area contributed by atoms with E-state index in [-0.39, 0.29) is 17.5 Å². The van der Waals surface area contributed by atoms with E-state index in [0.29, 0.717) is 46.8 Å². The van der Waals surface area contributed by atoms with Crippen molar-refractivity contribution in [3.05, 3.63) is 68.5 Å². The van der Waals surface area contributed by atoms with E-state index in [4.69, 9.17) is 23.9 Å². The van der Waals surface area contributed by atoms with Gasteiger partial charge in [-0.2, -0.15) is 0 Å². The Morgan fingerprint density at radius 2 is 1.80 bits per heavy atom. The number of piperidine rings is 1. The summed E-state index contributed by atoms with van der Waals surface area (Å²) in [6, 6.07) is 13.0. The molecule has 0 radical (unpaired) electrons. The van der Waals surface area contributed by atoms with Gasteiger partial charge in [0.2, 0.25) is 0 Å². The van der Waals surface area contributed by atoms with Crippen LogP contribution in [0.5, 0.6) is 5.75 Å². The first-order chi connectivity index (χ1) is 23.7. The summed E-state index contributed by atoms with van der Waals surface area (Å²) < 4.78 is 43.6. The standard InChI is InChI=1S/C39H46Br2FN3O5/c1-23-12-8-9-21-48-39(6)17-19-44(20-18-39)36-29(33(37(46)47-7)50-38(3,4)5)24(2)30(40)35-43-31(34(41)45(35)36)26-14-10-13-25(22-26)27-15-11-16-28(42)32(27)49-23/h10-11,13-16,22-23,33H,8-9,12,17-21H2,1-7H3/t23-,33-/m0/s1. The molecule has 0 spiro atoms. The van der Waals surface area contributed by atoms with E-state index in [0.717, 1.165) is 59.1 Å². The topological polar surface area (TPSA) is 74.5 Å². The van der Waals surface area contributed by atoms with Crippen molar-refractivity contribution >= 4 is 49.3 Å². The Labute approximate surface area is 310 Å². The summed E-state index contributed by atoms with van der Waals surface area (Å²) in [6.45, 7) is 14.0. The molecule has 6 bridgehead atoms. The number of para-hydroxylation sites is 1. The number of rotatable bonds is 3. The van der Waals surface area contributed by atoms with Gasteiger partial charge < -0.3 is 23.8 Å². The average molecular weight is 816 g/mol. The van der Waals surface area contributed by atoms with Crippen molar-refractivity contribution in [3.63, 3.8) is 0 Å². The SMILES string of the molecule is COC(=O)[C@@H](OC(C)(C)C)c1c(C)c(Br)c2nc3c(Br)n2c1N1CCC(C)(CC1)OCCCC[C@H](C)Oc1c(F)cccc1-c1cccc-3c1. The largest absolute Gasteiger partial charge is 0.487 e. The molecule has 0 amide bonds. The smallest absolute Gasteiger partial charge is 0.339 e. The highest BCUT2D eigenvalue weighted by molar-refractivity contribution is 9.11. The zero-order valence-electron chi connectivity index (χ0n) is 29.9. The molecule has 8 nitrogen and oxygen atoms in total. The van der Waals surface area contributed by atoms with E-state index in [9.17, 15) is 4.79 Å². The number of halogens is 3. The minimum Gasteiger partial charge on any atom is -0.487 e. The number of fused-ring (bicyclic) bond motifs is 8. The van der Waals surface area contributed by atoms with Gasteiger partial charge in [0.05, 0.1) is 28.9 Å². The second kappa shape index (κ2) is 14.6. The number of ether oxygens (including phenoxy) is 4. The predicted octanol–water partition coefficient (Wildman–Crippen LogP) is 10.00. The van der Waals surface area contributed by atoms with E-state index in [2.05, 4.69) is 48.1 Å². The zero-order valence-corrected chi connectivity index (χ0v) is 33.0. The van der Waals surface area contributed by atoms with Crippen LogP contribution in [0.15, 0.2) is 51.5 Å². The molecule has 2 aromatic heterocycles. The van der Waals surface area contributed by atoms with E-state index >= 15 is 4.39 Å². The van der Waals surface area contributed by atoms with Crippen LogP contribution in [0.25, 0.3) is 28.0 Å². The Kier molecular flexibility index (Phi) is 10.7. The number of hydrogen-bond acceptors (Lipinski definition) is 7. The molecule has 7 rings (SSSR count). The van der Waals surface area contributed by atoms with Gasteiger partial charge in [0.1, 0.15) is 16.1 Å². The van der Waals surface area contributed by atoms with Gasteiger partial charge in [0.15, 0.2) is 23.3 Å². The first-order valence-corrected chi connectivity index (χ1v) is 18.9. The van der Waals surface area contributed by atoms with Gasteiger partial charge in [-0.25, -0.2) is 14.2 Å². The second-order valence-corrected chi connectivity index (χ2v) is 16.2. The fourth-order valence-electron chi connectivity index (χ4n) is 6.95. The molecule has 1 fully saturated rings. The molecule has 50 heavy (non-hydrogen) atoms. The fraction of sp³-hybridized carbons (Fsp3) is 0.487. The van der Waals surface area contributed by atoms with Crippen molar-refractivity contribution in [2.24, 2.45) is 0 Å². The molecule has 0 N–H and O–H groups in total. The van der Waals surface area contributed by atoms with E-state index in [1.54, 1.807) is 6.07 Å². The normalized spacial score (nSPS) is 20.8.